The van der Waals surface area contributed by atoms with Gasteiger partial charge in [0.2, 0.25) is 0 Å². The van der Waals surface area contributed by atoms with Crippen molar-refractivity contribution in [3.8, 4) is 11.5 Å². The van der Waals surface area contributed by atoms with E-state index in [0.29, 0.717) is 22.7 Å². The van der Waals surface area contributed by atoms with Gasteiger partial charge in [-0.25, -0.2) is 0 Å². The molecule has 1 N–H and O–H groups in total. The monoisotopic (exact) mass is 439 g/mol. The lowest BCUT2D eigenvalue weighted by molar-refractivity contribution is -0.122. The maximum Gasteiger partial charge on any atom is 0.265 e. The Morgan fingerprint density at radius 2 is 1.88 bits per heavy atom. The first-order valence-corrected chi connectivity index (χ1v) is 8.40. The summed E-state index contributed by atoms with van der Waals surface area (Å²) in [6.07, 6.45) is -0.722. The number of hydrogen-bond donors (Lipinski definition) is 1. The fraction of sp³-hybridized carbons (Fsp3) is 0.222. The summed E-state index contributed by atoms with van der Waals surface area (Å²) in [5, 5.41) is 2.81. The van der Waals surface area contributed by atoms with Crippen molar-refractivity contribution in [3.05, 3.63) is 51.6 Å². The lowest BCUT2D eigenvalue weighted by atomic mass is 10.1. The number of benzene rings is 2. The molecule has 1 atom stereocenters. The molecule has 2 aromatic rings. The highest BCUT2D eigenvalue weighted by atomic mass is 127. The summed E-state index contributed by atoms with van der Waals surface area (Å²) in [6, 6.07) is 12.4. The average molecular weight is 439 g/mol. The first-order valence-electron chi connectivity index (χ1n) is 7.32. The third-order valence-corrected chi connectivity index (χ3v) is 4.01. The number of nitrogens with one attached hydrogen (secondary N) is 1. The molecule has 2 rings (SSSR count). The molecule has 0 aliphatic rings. The number of ether oxygens (including phenoxy) is 2. The fourth-order valence-electron chi connectivity index (χ4n) is 2.04. The molecule has 126 valence electrons. The van der Waals surface area contributed by atoms with Crippen LogP contribution in [0.4, 0.5) is 5.69 Å². The van der Waals surface area contributed by atoms with Crippen LogP contribution in [0.5, 0.6) is 11.5 Å². The van der Waals surface area contributed by atoms with Crippen LogP contribution in [0.2, 0.25) is 0 Å². The van der Waals surface area contributed by atoms with Gasteiger partial charge in [-0.2, -0.15) is 0 Å². The predicted molar refractivity (Wildman–Crippen MR) is 101 cm³/mol. The molecule has 0 radical (unpaired) electrons. The minimum absolute atomic E-state index is 0.0654. The Hall–Kier alpha value is -2.09. The first-order chi connectivity index (χ1) is 11.4. The number of Topliss-reactive ketones (excluding diaryl/α,β-unsaturated/α-hetero) is 1. The molecule has 0 aliphatic heterocycles. The molecule has 0 aromatic heterocycles. The Balaban J connectivity index is 2.09. The Labute approximate surface area is 154 Å². The topological polar surface area (TPSA) is 64.6 Å². The fourth-order valence-corrected chi connectivity index (χ4v) is 2.58. The highest BCUT2D eigenvalue weighted by molar-refractivity contribution is 14.1. The molecule has 2 aromatic carbocycles. The second kappa shape index (κ2) is 8.14. The van der Waals surface area contributed by atoms with Crippen LogP contribution in [-0.4, -0.2) is 24.9 Å². The molecule has 0 bridgehead atoms. The summed E-state index contributed by atoms with van der Waals surface area (Å²) < 4.78 is 12.0. The Kier molecular flexibility index (Phi) is 6.19. The number of anilines is 1. The van der Waals surface area contributed by atoms with Gasteiger partial charge in [-0.05, 0) is 72.8 Å². The highest BCUT2D eigenvalue weighted by Gasteiger charge is 2.18. The molecule has 0 heterocycles. The van der Waals surface area contributed by atoms with Gasteiger partial charge in [-0.15, -0.1) is 0 Å². The van der Waals surface area contributed by atoms with Gasteiger partial charge in [-0.1, -0.05) is 6.07 Å². The summed E-state index contributed by atoms with van der Waals surface area (Å²) in [7, 11) is 1.49. The van der Waals surface area contributed by atoms with Crippen molar-refractivity contribution in [1.82, 2.24) is 0 Å². The van der Waals surface area contributed by atoms with E-state index in [-0.39, 0.29) is 11.7 Å². The van der Waals surface area contributed by atoms with Crippen LogP contribution in [0, 0.1) is 3.57 Å². The van der Waals surface area contributed by atoms with Crippen molar-refractivity contribution < 1.29 is 19.1 Å². The lowest BCUT2D eigenvalue weighted by Crippen LogP contribution is -2.30. The summed E-state index contributed by atoms with van der Waals surface area (Å²) in [5.41, 5.74) is 1.23. The zero-order valence-corrected chi connectivity index (χ0v) is 15.8. The number of carbonyl (C=O) groups excluding carboxylic acids is 2. The normalized spacial score (nSPS) is 11.5. The molecule has 5 nitrogen and oxygen atoms in total. The second-order valence-corrected chi connectivity index (χ2v) is 6.43. The average Bonchev–Trinajstić information content (AvgIpc) is 2.54. The van der Waals surface area contributed by atoms with Crippen LogP contribution < -0.4 is 14.8 Å². The van der Waals surface area contributed by atoms with Crippen molar-refractivity contribution in [2.24, 2.45) is 0 Å². The Morgan fingerprint density at radius 1 is 1.12 bits per heavy atom. The van der Waals surface area contributed by atoms with Gasteiger partial charge < -0.3 is 14.8 Å². The van der Waals surface area contributed by atoms with Gasteiger partial charge in [0, 0.05) is 14.8 Å². The van der Waals surface area contributed by atoms with Crippen LogP contribution in [0.25, 0.3) is 0 Å². The smallest absolute Gasteiger partial charge is 0.265 e. The maximum absolute atomic E-state index is 12.3. The van der Waals surface area contributed by atoms with Crippen molar-refractivity contribution in [1.29, 1.82) is 0 Å². The van der Waals surface area contributed by atoms with E-state index in [1.165, 1.54) is 14.0 Å². The molecule has 6 heteroatoms. The lowest BCUT2D eigenvalue weighted by Gasteiger charge is -2.17. The molecule has 24 heavy (non-hydrogen) atoms. The number of hydrogen-bond acceptors (Lipinski definition) is 4. The molecule has 0 saturated heterocycles. The molecular weight excluding hydrogens is 421 g/mol. The standard InChI is InChI=1S/C18H18INO4/c1-11(21)13-7-8-16(17(9-13)23-3)24-12(2)18(22)20-15-6-4-5-14(19)10-15/h4-10,12H,1-3H3,(H,20,22)/t12-/m1/s1. The van der Waals surface area contributed by atoms with Crippen molar-refractivity contribution in [2.45, 2.75) is 20.0 Å². The molecule has 1 amide bonds. The molecule has 0 aliphatic carbocycles. The van der Waals surface area contributed by atoms with E-state index in [1.54, 1.807) is 25.1 Å². The van der Waals surface area contributed by atoms with Crippen molar-refractivity contribution in [2.75, 3.05) is 12.4 Å². The number of amides is 1. The van der Waals surface area contributed by atoms with E-state index in [0.717, 1.165) is 3.57 Å². The zero-order chi connectivity index (χ0) is 17.7. The summed E-state index contributed by atoms with van der Waals surface area (Å²) in [6.45, 7) is 3.13. The van der Waals surface area contributed by atoms with Crippen LogP contribution in [0.3, 0.4) is 0 Å². The van der Waals surface area contributed by atoms with Crippen molar-refractivity contribution >= 4 is 40.0 Å². The minimum Gasteiger partial charge on any atom is -0.493 e. The Bertz CT molecular complexity index is 760. The van der Waals surface area contributed by atoms with Gasteiger partial charge >= 0.3 is 0 Å². The van der Waals surface area contributed by atoms with Crippen LogP contribution >= 0.6 is 22.6 Å². The number of methoxy groups -OCH3 is 1. The molecule has 0 saturated carbocycles. The van der Waals surface area contributed by atoms with Gasteiger partial charge in [0.25, 0.3) is 5.91 Å². The van der Waals surface area contributed by atoms with E-state index in [2.05, 4.69) is 27.9 Å². The van der Waals surface area contributed by atoms with Crippen LogP contribution in [-0.2, 0) is 4.79 Å². The van der Waals surface area contributed by atoms with E-state index in [9.17, 15) is 9.59 Å². The molecular formula is C18H18INO4. The quantitative estimate of drug-likeness (QED) is 0.548. The van der Waals surface area contributed by atoms with E-state index in [1.807, 2.05) is 24.3 Å². The minimum atomic E-state index is -0.722. The number of halogens is 1. The summed E-state index contributed by atoms with van der Waals surface area (Å²) in [5.74, 6) is 0.489. The van der Waals surface area contributed by atoms with Crippen LogP contribution in [0.15, 0.2) is 42.5 Å². The molecule has 0 spiro atoms. The van der Waals surface area contributed by atoms with Gasteiger partial charge in [0.05, 0.1) is 7.11 Å². The number of rotatable bonds is 6. The summed E-state index contributed by atoms with van der Waals surface area (Å²) >= 11 is 2.18. The third-order valence-electron chi connectivity index (χ3n) is 3.34. The zero-order valence-electron chi connectivity index (χ0n) is 13.6. The van der Waals surface area contributed by atoms with Gasteiger partial charge in [0.1, 0.15) is 0 Å². The van der Waals surface area contributed by atoms with Crippen LogP contribution in [0.1, 0.15) is 24.2 Å². The Morgan fingerprint density at radius 3 is 2.50 bits per heavy atom. The third kappa shape index (κ3) is 4.70. The van der Waals surface area contributed by atoms with Gasteiger partial charge in [0.15, 0.2) is 23.4 Å². The highest BCUT2D eigenvalue weighted by Crippen LogP contribution is 2.29. The predicted octanol–water partition coefficient (Wildman–Crippen LogP) is 3.91. The maximum atomic E-state index is 12.3. The number of ketones is 1. The van der Waals surface area contributed by atoms with Crippen molar-refractivity contribution in [3.63, 3.8) is 0 Å². The molecule has 0 fully saturated rings. The largest absolute Gasteiger partial charge is 0.493 e. The van der Waals surface area contributed by atoms with E-state index < -0.39 is 6.10 Å². The SMILES string of the molecule is COc1cc(C(C)=O)ccc1O[C@H](C)C(=O)Nc1cccc(I)c1. The summed E-state index contributed by atoms with van der Waals surface area (Å²) in [4.78, 5) is 23.7. The van der Waals surface area contributed by atoms with E-state index >= 15 is 0 Å². The van der Waals surface area contributed by atoms with Gasteiger partial charge in [-0.3, -0.25) is 9.59 Å². The second-order valence-electron chi connectivity index (χ2n) is 5.18. The van der Waals surface area contributed by atoms with E-state index in [4.69, 9.17) is 9.47 Å². The molecule has 0 unspecified atom stereocenters. The number of carbonyl (C=O) groups is 2. The first kappa shape index (κ1) is 18.3.